The van der Waals surface area contributed by atoms with Gasteiger partial charge in [0.2, 0.25) is 0 Å². The summed E-state index contributed by atoms with van der Waals surface area (Å²) in [6.45, 7) is 3.56. The summed E-state index contributed by atoms with van der Waals surface area (Å²) in [5.74, 6) is 0.446. The molecule has 1 saturated heterocycles. The predicted molar refractivity (Wildman–Crippen MR) is 168 cm³/mol. The van der Waals surface area contributed by atoms with E-state index in [2.05, 4.69) is 37.3 Å². The minimum absolute atomic E-state index is 0.116. The molecule has 2 aromatic carbocycles. The summed E-state index contributed by atoms with van der Waals surface area (Å²) >= 11 is 11.2. The number of amides is 1. The number of thiophene rings is 2. The number of hydrogen-bond donors (Lipinski definition) is 0. The van der Waals surface area contributed by atoms with E-state index in [-0.39, 0.29) is 5.91 Å². The fourth-order valence-electron chi connectivity index (χ4n) is 4.90. The average molecular weight is 587 g/mol. The lowest BCUT2D eigenvalue weighted by Gasteiger charge is -2.31. The monoisotopic (exact) mass is 586 g/mol. The molecule has 0 atom stereocenters. The molecular weight excluding hydrogens is 560 g/mol. The van der Waals surface area contributed by atoms with Gasteiger partial charge in [0.1, 0.15) is 0 Å². The Morgan fingerprint density at radius 3 is 2.28 bits per heavy atom. The first-order chi connectivity index (χ1) is 19.0. The van der Waals surface area contributed by atoms with Crippen LogP contribution in [-0.4, -0.2) is 28.9 Å². The second-order valence-electron chi connectivity index (χ2n) is 9.72. The molecule has 0 saturated carbocycles. The number of thiazole rings is 1. The molecule has 0 unspecified atom stereocenters. The first-order valence-electron chi connectivity index (χ1n) is 13.0. The van der Waals surface area contributed by atoms with Crippen molar-refractivity contribution in [1.82, 2.24) is 9.88 Å². The van der Waals surface area contributed by atoms with E-state index in [4.69, 9.17) is 16.6 Å². The van der Waals surface area contributed by atoms with Crippen molar-refractivity contribution in [2.24, 2.45) is 0 Å². The molecule has 3 nitrogen and oxygen atoms in total. The smallest absolute Gasteiger partial charge is 0.255 e. The quantitative estimate of drug-likeness (QED) is 0.186. The number of halogens is 1. The van der Waals surface area contributed by atoms with Gasteiger partial charge in [-0.05, 0) is 66.4 Å². The van der Waals surface area contributed by atoms with Crippen LogP contribution in [0.4, 0.5) is 0 Å². The molecular formula is C32H27ClN2OS3. The van der Waals surface area contributed by atoms with Crippen LogP contribution in [-0.2, 0) is 4.79 Å². The molecule has 39 heavy (non-hydrogen) atoms. The third-order valence-corrected chi connectivity index (χ3v) is 10.3. The fraction of sp³-hybridized carbons (Fsp3) is 0.188. The molecule has 196 valence electrons. The first kappa shape index (κ1) is 26.2. The van der Waals surface area contributed by atoms with Gasteiger partial charge in [-0.1, -0.05) is 65.7 Å². The van der Waals surface area contributed by atoms with Crippen molar-refractivity contribution in [3.8, 4) is 21.7 Å². The highest BCUT2D eigenvalue weighted by Crippen LogP contribution is 2.42. The normalized spacial score (nSPS) is 14.6. The fourth-order valence-corrected chi connectivity index (χ4v) is 7.68. The van der Waals surface area contributed by atoms with Crippen molar-refractivity contribution in [2.45, 2.75) is 25.7 Å². The van der Waals surface area contributed by atoms with Crippen molar-refractivity contribution in [1.29, 1.82) is 0 Å². The topological polar surface area (TPSA) is 33.2 Å². The number of piperidine rings is 1. The number of likely N-dealkylation sites (tertiary alicyclic amines) is 1. The maximum absolute atomic E-state index is 13.7. The van der Waals surface area contributed by atoms with Gasteiger partial charge in [0.25, 0.3) is 5.91 Å². The summed E-state index contributed by atoms with van der Waals surface area (Å²) in [5, 5.41) is 5.95. The van der Waals surface area contributed by atoms with E-state index < -0.39 is 0 Å². The lowest BCUT2D eigenvalue weighted by molar-refractivity contribution is -0.125. The summed E-state index contributed by atoms with van der Waals surface area (Å²) in [6.07, 6.45) is 3.85. The number of aryl methyl sites for hydroxylation is 1. The van der Waals surface area contributed by atoms with E-state index in [0.29, 0.717) is 5.92 Å². The van der Waals surface area contributed by atoms with Crippen molar-refractivity contribution in [3.63, 3.8) is 0 Å². The molecule has 5 aromatic rings. The Morgan fingerprint density at radius 2 is 1.62 bits per heavy atom. The van der Waals surface area contributed by atoms with Gasteiger partial charge in [0.05, 0.1) is 21.2 Å². The molecule has 1 fully saturated rings. The summed E-state index contributed by atoms with van der Waals surface area (Å²) in [5.41, 5.74) is 5.29. The lowest BCUT2D eigenvalue weighted by atomic mass is 9.96. The molecule has 0 radical (unpaired) electrons. The van der Waals surface area contributed by atoms with Crippen LogP contribution in [0, 0.1) is 6.92 Å². The lowest BCUT2D eigenvalue weighted by Crippen LogP contribution is -2.38. The van der Waals surface area contributed by atoms with Crippen LogP contribution in [0.1, 0.15) is 39.1 Å². The van der Waals surface area contributed by atoms with Crippen molar-refractivity contribution in [2.75, 3.05) is 13.1 Å². The molecule has 1 aliphatic heterocycles. The van der Waals surface area contributed by atoms with Gasteiger partial charge in [0.15, 0.2) is 0 Å². The first-order valence-corrected chi connectivity index (χ1v) is 15.9. The van der Waals surface area contributed by atoms with Crippen LogP contribution >= 0.6 is 45.6 Å². The van der Waals surface area contributed by atoms with Crippen molar-refractivity contribution < 1.29 is 4.79 Å². The molecule has 0 aliphatic carbocycles. The SMILES string of the molecule is Cc1ccc(-c2sc(C3CCN(C(=O)C(=Cc4cccs4)c4cccs4)CC3)nc2-c2ccc(Cl)cc2)cc1. The van der Waals surface area contributed by atoms with Crippen LogP contribution < -0.4 is 0 Å². The highest BCUT2D eigenvalue weighted by molar-refractivity contribution is 7.15. The predicted octanol–water partition coefficient (Wildman–Crippen LogP) is 9.51. The van der Waals surface area contributed by atoms with Gasteiger partial charge < -0.3 is 4.90 Å². The Bertz CT molecular complexity index is 1510. The standard InChI is InChI=1S/C32H27ClN2OS3/c1-21-6-8-23(9-7-21)30-29(22-10-12-25(33)13-11-22)34-31(39-30)24-14-16-35(17-15-24)32(36)27(28-5-3-19-38-28)20-26-4-2-18-37-26/h2-13,18-20,24H,14-17H2,1H3. The van der Waals surface area contributed by atoms with Crippen LogP contribution in [0.2, 0.25) is 5.02 Å². The summed E-state index contributed by atoms with van der Waals surface area (Å²) < 4.78 is 0. The van der Waals surface area contributed by atoms with Gasteiger partial charge in [-0.15, -0.1) is 34.0 Å². The van der Waals surface area contributed by atoms with Gasteiger partial charge in [-0.3, -0.25) is 4.79 Å². The highest BCUT2D eigenvalue weighted by Gasteiger charge is 2.29. The van der Waals surface area contributed by atoms with Crippen LogP contribution in [0.5, 0.6) is 0 Å². The average Bonchev–Trinajstić information content (AvgIpc) is 3.75. The Kier molecular flexibility index (Phi) is 7.80. The van der Waals surface area contributed by atoms with Crippen LogP contribution in [0.3, 0.4) is 0 Å². The second kappa shape index (κ2) is 11.6. The maximum Gasteiger partial charge on any atom is 0.255 e. The Morgan fingerprint density at radius 1 is 0.923 bits per heavy atom. The summed E-state index contributed by atoms with van der Waals surface area (Å²) in [7, 11) is 0. The number of aromatic nitrogens is 1. The van der Waals surface area contributed by atoms with Gasteiger partial charge >= 0.3 is 0 Å². The number of benzene rings is 2. The molecule has 0 spiro atoms. The Hall–Kier alpha value is -3.03. The summed E-state index contributed by atoms with van der Waals surface area (Å²) in [4.78, 5) is 24.2. The second-order valence-corrected chi connectivity index (χ2v) is 13.1. The summed E-state index contributed by atoms with van der Waals surface area (Å²) in [6, 6.07) is 24.7. The number of nitrogens with zero attached hydrogens (tertiary/aromatic N) is 2. The van der Waals surface area contributed by atoms with Gasteiger partial charge in [-0.25, -0.2) is 4.98 Å². The minimum Gasteiger partial charge on any atom is -0.339 e. The van der Waals surface area contributed by atoms with E-state index >= 15 is 0 Å². The number of rotatable bonds is 6. The number of carbonyl (C=O) groups is 1. The maximum atomic E-state index is 13.7. The molecule has 0 bridgehead atoms. The molecule has 3 aromatic heterocycles. The van der Waals surface area contributed by atoms with E-state index in [1.807, 2.05) is 64.2 Å². The molecule has 1 aliphatic rings. The minimum atomic E-state index is 0.116. The van der Waals surface area contributed by atoms with Crippen molar-refractivity contribution in [3.05, 3.63) is 109 Å². The molecule has 1 amide bonds. The zero-order valence-electron chi connectivity index (χ0n) is 21.5. The Balaban J connectivity index is 1.24. The molecule has 7 heteroatoms. The van der Waals surface area contributed by atoms with E-state index in [1.165, 1.54) is 16.0 Å². The van der Waals surface area contributed by atoms with E-state index in [0.717, 1.165) is 62.5 Å². The Labute approximate surface area is 246 Å². The van der Waals surface area contributed by atoms with E-state index in [9.17, 15) is 4.79 Å². The molecule has 0 N–H and O–H groups in total. The number of carbonyl (C=O) groups excluding carboxylic acids is 1. The third-order valence-electron chi connectivity index (χ3n) is 7.05. The zero-order valence-corrected chi connectivity index (χ0v) is 24.7. The van der Waals surface area contributed by atoms with Crippen molar-refractivity contribution >= 4 is 63.2 Å². The molecule has 4 heterocycles. The van der Waals surface area contributed by atoms with Gasteiger partial charge in [-0.2, -0.15) is 0 Å². The van der Waals surface area contributed by atoms with Gasteiger partial charge in [0, 0.05) is 39.3 Å². The third kappa shape index (κ3) is 5.80. The zero-order chi connectivity index (χ0) is 26.8. The van der Waals surface area contributed by atoms with Crippen LogP contribution in [0.15, 0.2) is 83.6 Å². The highest BCUT2D eigenvalue weighted by atomic mass is 35.5. The van der Waals surface area contributed by atoms with E-state index in [1.54, 1.807) is 34.0 Å². The molecule has 6 rings (SSSR count). The number of hydrogen-bond acceptors (Lipinski definition) is 5. The largest absolute Gasteiger partial charge is 0.339 e. The van der Waals surface area contributed by atoms with Crippen LogP contribution in [0.25, 0.3) is 33.3 Å².